The third-order valence-electron chi connectivity index (χ3n) is 1.68. The summed E-state index contributed by atoms with van der Waals surface area (Å²) in [6, 6.07) is 6.88. The summed E-state index contributed by atoms with van der Waals surface area (Å²) in [7, 11) is 0. The van der Waals surface area contributed by atoms with Crippen LogP contribution < -0.4 is 0 Å². The molecule has 0 aliphatic heterocycles. The van der Waals surface area contributed by atoms with Crippen LogP contribution in [0, 0.1) is 0 Å². The average molecular weight is 279 g/mol. The number of aliphatic hydroxyl groups excluding tert-OH is 1. The number of hydrogen-bond donors (Lipinski definition) is 1. The lowest BCUT2D eigenvalue weighted by molar-refractivity contribution is 0.0796. The third kappa shape index (κ3) is 4.40. The summed E-state index contributed by atoms with van der Waals surface area (Å²) < 4.78 is 28.5. The van der Waals surface area contributed by atoms with Crippen molar-refractivity contribution in [3.63, 3.8) is 0 Å². The molecule has 0 bridgehead atoms. The summed E-state index contributed by atoms with van der Waals surface area (Å²) in [5, 5.41) is 9.51. The van der Waals surface area contributed by atoms with Gasteiger partial charge in [-0.25, -0.2) is 0 Å². The standard InChI is InChI=1S/C10H9BrF2O2/c11-8-3-1-7(2-4-8)9(14)5-15-6-10(12)13/h1-4,6,9,14H,5H2/t9-/m1/s1. The molecule has 0 amide bonds. The Labute approximate surface area is 94.3 Å². The van der Waals surface area contributed by atoms with E-state index in [1.54, 1.807) is 24.3 Å². The van der Waals surface area contributed by atoms with Crippen molar-refractivity contribution in [2.75, 3.05) is 6.61 Å². The van der Waals surface area contributed by atoms with Gasteiger partial charge in [-0.2, -0.15) is 8.78 Å². The minimum Gasteiger partial charge on any atom is -0.493 e. The highest BCUT2D eigenvalue weighted by molar-refractivity contribution is 9.10. The molecule has 2 nitrogen and oxygen atoms in total. The van der Waals surface area contributed by atoms with Crippen LogP contribution in [0.4, 0.5) is 8.78 Å². The van der Waals surface area contributed by atoms with Gasteiger partial charge in [0.25, 0.3) is 0 Å². The Hall–Kier alpha value is -0.940. The van der Waals surface area contributed by atoms with Crippen molar-refractivity contribution in [3.05, 3.63) is 46.6 Å². The molecule has 1 atom stereocenters. The maximum absolute atomic E-state index is 11.6. The zero-order valence-corrected chi connectivity index (χ0v) is 9.25. The van der Waals surface area contributed by atoms with Gasteiger partial charge in [-0.3, -0.25) is 0 Å². The largest absolute Gasteiger partial charge is 0.493 e. The molecule has 82 valence electrons. The second-order valence-electron chi connectivity index (χ2n) is 2.81. The molecule has 1 rings (SSSR count). The predicted molar refractivity (Wildman–Crippen MR) is 55.4 cm³/mol. The van der Waals surface area contributed by atoms with Gasteiger partial charge in [-0.1, -0.05) is 28.1 Å². The lowest BCUT2D eigenvalue weighted by Crippen LogP contribution is -2.04. The second-order valence-corrected chi connectivity index (χ2v) is 3.72. The van der Waals surface area contributed by atoms with Gasteiger partial charge in [-0.05, 0) is 17.7 Å². The normalized spacial score (nSPS) is 12.0. The molecule has 0 aliphatic rings. The van der Waals surface area contributed by atoms with Crippen LogP contribution in [0.1, 0.15) is 11.7 Å². The van der Waals surface area contributed by atoms with Crippen LogP contribution in [0.5, 0.6) is 0 Å². The van der Waals surface area contributed by atoms with E-state index in [1.807, 2.05) is 0 Å². The van der Waals surface area contributed by atoms with E-state index < -0.39 is 12.2 Å². The van der Waals surface area contributed by atoms with Crippen LogP contribution in [0.2, 0.25) is 0 Å². The SMILES string of the molecule is O[C@H](COC=C(F)F)c1ccc(Br)cc1. The number of aliphatic hydroxyl groups is 1. The van der Waals surface area contributed by atoms with E-state index in [0.29, 0.717) is 11.8 Å². The van der Waals surface area contributed by atoms with Gasteiger partial charge >= 0.3 is 6.08 Å². The number of hydrogen-bond acceptors (Lipinski definition) is 2. The Morgan fingerprint density at radius 1 is 1.40 bits per heavy atom. The molecule has 1 N–H and O–H groups in total. The van der Waals surface area contributed by atoms with E-state index in [9.17, 15) is 13.9 Å². The number of halogens is 3. The Bertz CT molecular complexity index is 334. The van der Waals surface area contributed by atoms with Crippen molar-refractivity contribution in [2.24, 2.45) is 0 Å². The van der Waals surface area contributed by atoms with E-state index in [-0.39, 0.29) is 6.61 Å². The molecule has 0 spiro atoms. The molecule has 0 saturated carbocycles. The molecule has 0 heterocycles. The van der Waals surface area contributed by atoms with Crippen molar-refractivity contribution in [3.8, 4) is 0 Å². The Kier molecular flexibility index (Phi) is 4.71. The highest BCUT2D eigenvalue weighted by atomic mass is 79.9. The summed E-state index contributed by atoms with van der Waals surface area (Å²) in [6.07, 6.45) is -2.51. The first-order valence-electron chi connectivity index (χ1n) is 4.16. The topological polar surface area (TPSA) is 29.5 Å². The first-order valence-corrected chi connectivity index (χ1v) is 4.95. The molecule has 0 aromatic heterocycles. The van der Waals surface area contributed by atoms with Gasteiger partial charge in [0.05, 0.1) is 0 Å². The van der Waals surface area contributed by atoms with Gasteiger partial charge < -0.3 is 9.84 Å². The van der Waals surface area contributed by atoms with Crippen LogP contribution in [0.15, 0.2) is 41.1 Å². The van der Waals surface area contributed by atoms with Crippen LogP contribution in [0.25, 0.3) is 0 Å². The highest BCUT2D eigenvalue weighted by Gasteiger charge is 2.07. The molecule has 0 unspecified atom stereocenters. The lowest BCUT2D eigenvalue weighted by atomic mass is 10.1. The third-order valence-corrected chi connectivity index (χ3v) is 2.21. The lowest BCUT2D eigenvalue weighted by Gasteiger charge is -2.09. The maximum Gasteiger partial charge on any atom is 0.304 e. The molecule has 0 fully saturated rings. The quantitative estimate of drug-likeness (QED) is 0.857. The fraction of sp³-hybridized carbons (Fsp3) is 0.200. The minimum atomic E-state index is -1.92. The zero-order chi connectivity index (χ0) is 11.3. The molecular formula is C10H9BrF2O2. The van der Waals surface area contributed by atoms with Crippen LogP contribution in [-0.2, 0) is 4.74 Å². The van der Waals surface area contributed by atoms with Gasteiger partial charge in [0.15, 0.2) is 0 Å². The molecular weight excluding hydrogens is 270 g/mol. The summed E-state index contributed by atoms with van der Waals surface area (Å²) >= 11 is 3.24. The fourth-order valence-electron chi connectivity index (χ4n) is 0.983. The van der Waals surface area contributed by atoms with E-state index >= 15 is 0 Å². The first-order chi connectivity index (χ1) is 7.09. The summed E-state index contributed by atoms with van der Waals surface area (Å²) in [5.41, 5.74) is 0.617. The highest BCUT2D eigenvalue weighted by Crippen LogP contribution is 2.17. The molecule has 0 aliphatic carbocycles. The minimum absolute atomic E-state index is 0.195. The van der Waals surface area contributed by atoms with E-state index in [1.165, 1.54) is 0 Å². The fourth-order valence-corrected chi connectivity index (χ4v) is 1.25. The molecule has 5 heteroatoms. The average Bonchev–Trinajstić information content (AvgIpc) is 2.18. The number of benzene rings is 1. The van der Waals surface area contributed by atoms with Gasteiger partial charge in [0.1, 0.15) is 19.0 Å². The van der Waals surface area contributed by atoms with Crippen molar-refractivity contribution >= 4 is 15.9 Å². The molecule has 1 aromatic rings. The summed E-state index contributed by atoms with van der Waals surface area (Å²) in [6.45, 7) is -0.195. The Balaban J connectivity index is 2.50. The monoisotopic (exact) mass is 278 g/mol. The van der Waals surface area contributed by atoms with Crippen LogP contribution >= 0.6 is 15.9 Å². The Morgan fingerprint density at radius 3 is 2.53 bits per heavy atom. The van der Waals surface area contributed by atoms with Crippen molar-refractivity contribution in [2.45, 2.75) is 6.10 Å². The number of rotatable bonds is 4. The summed E-state index contributed by atoms with van der Waals surface area (Å²) in [5.74, 6) is 0. The molecule has 1 aromatic carbocycles. The van der Waals surface area contributed by atoms with Crippen molar-refractivity contribution in [1.29, 1.82) is 0 Å². The van der Waals surface area contributed by atoms with Crippen LogP contribution in [-0.4, -0.2) is 11.7 Å². The van der Waals surface area contributed by atoms with E-state index in [2.05, 4.69) is 20.7 Å². The predicted octanol–water partition coefficient (Wildman–Crippen LogP) is 3.24. The van der Waals surface area contributed by atoms with Crippen LogP contribution in [0.3, 0.4) is 0 Å². The zero-order valence-electron chi connectivity index (χ0n) is 7.66. The maximum atomic E-state index is 11.6. The van der Waals surface area contributed by atoms with Gasteiger partial charge in [0, 0.05) is 4.47 Å². The van der Waals surface area contributed by atoms with Crippen molar-refractivity contribution < 1.29 is 18.6 Å². The number of ether oxygens (including phenoxy) is 1. The smallest absolute Gasteiger partial charge is 0.304 e. The summed E-state index contributed by atoms with van der Waals surface area (Å²) in [4.78, 5) is 0. The van der Waals surface area contributed by atoms with Gasteiger partial charge in [0.2, 0.25) is 0 Å². The second kappa shape index (κ2) is 5.82. The van der Waals surface area contributed by atoms with Crippen molar-refractivity contribution in [1.82, 2.24) is 0 Å². The Morgan fingerprint density at radius 2 is 2.00 bits per heavy atom. The first kappa shape index (κ1) is 12.1. The molecule has 0 radical (unpaired) electrons. The molecule has 0 saturated heterocycles. The van der Waals surface area contributed by atoms with E-state index in [0.717, 1.165) is 4.47 Å². The molecule has 15 heavy (non-hydrogen) atoms. The van der Waals surface area contributed by atoms with Gasteiger partial charge in [-0.15, -0.1) is 0 Å². The van der Waals surface area contributed by atoms with E-state index in [4.69, 9.17) is 0 Å².